The summed E-state index contributed by atoms with van der Waals surface area (Å²) in [6.45, 7) is 0. The van der Waals surface area contributed by atoms with E-state index >= 15 is 0 Å². The van der Waals surface area contributed by atoms with Crippen molar-refractivity contribution in [2.75, 3.05) is 7.11 Å². The third-order valence-corrected chi connectivity index (χ3v) is 3.37. The second-order valence-corrected chi connectivity index (χ2v) is 4.53. The van der Waals surface area contributed by atoms with Crippen LogP contribution in [0.15, 0.2) is 18.3 Å². The molecule has 1 aliphatic carbocycles. The standard InChI is InChI=1S/C13H18N2O2/c1-17-11-3-2-8-15-12(11)13(16)9-4-6-10(14)7-5-9/h2-3,8-10H,4-7,14H2,1H3. The SMILES string of the molecule is COc1cccnc1C(=O)C1CCC(N)CC1. The minimum atomic E-state index is 0.0543. The Hall–Kier alpha value is -1.42. The van der Waals surface area contributed by atoms with E-state index in [4.69, 9.17) is 10.5 Å². The lowest BCUT2D eigenvalue weighted by Gasteiger charge is -2.24. The number of hydrogen-bond acceptors (Lipinski definition) is 4. The number of hydrogen-bond donors (Lipinski definition) is 1. The van der Waals surface area contributed by atoms with Crippen LogP contribution in [0.3, 0.4) is 0 Å². The van der Waals surface area contributed by atoms with Crippen LogP contribution in [0.25, 0.3) is 0 Å². The van der Waals surface area contributed by atoms with Gasteiger partial charge in [-0.2, -0.15) is 0 Å². The predicted molar refractivity (Wildman–Crippen MR) is 65.1 cm³/mol. The lowest BCUT2D eigenvalue weighted by Crippen LogP contribution is -2.30. The third kappa shape index (κ3) is 2.64. The highest BCUT2D eigenvalue weighted by molar-refractivity contribution is 5.98. The van der Waals surface area contributed by atoms with E-state index < -0.39 is 0 Å². The number of nitrogens with two attached hydrogens (primary N) is 1. The predicted octanol–water partition coefficient (Wildman–Crippen LogP) is 1.79. The normalized spacial score (nSPS) is 24.4. The molecule has 0 unspecified atom stereocenters. The first-order chi connectivity index (χ1) is 8.22. The quantitative estimate of drug-likeness (QED) is 0.810. The number of carbonyl (C=O) groups excluding carboxylic acids is 1. The summed E-state index contributed by atoms with van der Waals surface area (Å²) in [5.74, 6) is 0.709. The van der Waals surface area contributed by atoms with Crippen molar-refractivity contribution in [3.8, 4) is 5.75 Å². The van der Waals surface area contributed by atoms with E-state index in [1.807, 2.05) is 0 Å². The van der Waals surface area contributed by atoms with Gasteiger partial charge in [-0.1, -0.05) is 0 Å². The highest BCUT2D eigenvalue weighted by Gasteiger charge is 2.27. The molecule has 2 N–H and O–H groups in total. The molecule has 0 amide bonds. The number of ketones is 1. The topological polar surface area (TPSA) is 65.2 Å². The maximum absolute atomic E-state index is 12.3. The molecule has 0 spiro atoms. The second kappa shape index (κ2) is 5.27. The van der Waals surface area contributed by atoms with Gasteiger partial charge in [-0.05, 0) is 37.8 Å². The van der Waals surface area contributed by atoms with Crippen molar-refractivity contribution in [1.82, 2.24) is 4.98 Å². The first-order valence-corrected chi connectivity index (χ1v) is 6.01. The summed E-state index contributed by atoms with van der Waals surface area (Å²) in [6.07, 6.45) is 5.20. The molecule has 1 aromatic rings. The van der Waals surface area contributed by atoms with Crippen molar-refractivity contribution in [3.63, 3.8) is 0 Å². The van der Waals surface area contributed by atoms with E-state index in [0.29, 0.717) is 11.4 Å². The largest absolute Gasteiger partial charge is 0.494 e. The minimum Gasteiger partial charge on any atom is -0.494 e. The number of carbonyl (C=O) groups is 1. The van der Waals surface area contributed by atoms with E-state index in [-0.39, 0.29) is 17.7 Å². The number of ether oxygens (including phenoxy) is 1. The van der Waals surface area contributed by atoms with Gasteiger partial charge in [0.2, 0.25) is 0 Å². The summed E-state index contributed by atoms with van der Waals surface area (Å²) in [6, 6.07) is 3.80. The molecular formula is C13H18N2O2. The van der Waals surface area contributed by atoms with Crippen molar-refractivity contribution >= 4 is 5.78 Å². The Balaban J connectivity index is 2.14. The highest BCUT2D eigenvalue weighted by Crippen LogP contribution is 2.28. The molecule has 4 heteroatoms. The Kier molecular flexibility index (Phi) is 3.74. The number of methoxy groups -OCH3 is 1. The Bertz CT molecular complexity index is 398. The van der Waals surface area contributed by atoms with Gasteiger partial charge in [-0.25, -0.2) is 4.98 Å². The van der Waals surface area contributed by atoms with Crippen LogP contribution in [-0.4, -0.2) is 23.9 Å². The van der Waals surface area contributed by atoms with Crippen LogP contribution in [0.5, 0.6) is 5.75 Å². The molecule has 0 aromatic carbocycles. The van der Waals surface area contributed by atoms with Crippen molar-refractivity contribution in [2.45, 2.75) is 31.7 Å². The van der Waals surface area contributed by atoms with Crippen LogP contribution in [0, 0.1) is 5.92 Å². The fourth-order valence-corrected chi connectivity index (χ4v) is 2.32. The van der Waals surface area contributed by atoms with Crippen LogP contribution in [0.1, 0.15) is 36.2 Å². The molecule has 92 valence electrons. The van der Waals surface area contributed by atoms with Crippen molar-refractivity contribution in [1.29, 1.82) is 0 Å². The minimum absolute atomic E-state index is 0.0543. The van der Waals surface area contributed by atoms with E-state index in [9.17, 15) is 4.79 Å². The molecule has 0 atom stereocenters. The summed E-state index contributed by atoms with van der Waals surface area (Å²) in [5.41, 5.74) is 6.29. The molecular weight excluding hydrogens is 216 g/mol. The number of rotatable bonds is 3. The number of aromatic nitrogens is 1. The molecule has 1 saturated carbocycles. The van der Waals surface area contributed by atoms with Crippen molar-refractivity contribution < 1.29 is 9.53 Å². The molecule has 1 heterocycles. The van der Waals surface area contributed by atoms with Crippen LogP contribution in [0.2, 0.25) is 0 Å². The zero-order valence-electron chi connectivity index (χ0n) is 10.1. The highest BCUT2D eigenvalue weighted by atomic mass is 16.5. The summed E-state index contributed by atoms with van der Waals surface area (Å²) in [7, 11) is 1.56. The van der Waals surface area contributed by atoms with Gasteiger partial charge in [0.1, 0.15) is 11.4 Å². The zero-order valence-corrected chi connectivity index (χ0v) is 10.1. The average Bonchev–Trinajstić information content (AvgIpc) is 2.39. The molecule has 4 nitrogen and oxygen atoms in total. The molecule has 1 fully saturated rings. The molecule has 1 aromatic heterocycles. The van der Waals surface area contributed by atoms with Crippen LogP contribution in [0.4, 0.5) is 0 Å². The van der Waals surface area contributed by atoms with Gasteiger partial charge in [0.05, 0.1) is 7.11 Å². The van der Waals surface area contributed by atoms with E-state index in [1.54, 1.807) is 25.4 Å². The molecule has 0 radical (unpaired) electrons. The fraction of sp³-hybridized carbons (Fsp3) is 0.538. The molecule has 1 aliphatic rings. The van der Waals surface area contributed by atoms with Gasteiger partial charge in [-0.15, -0.1) is 0 Å². The first kappa shape index (κ1) is 12.0. The average molecular weight is 234 g/mol. The maximum atomic E-state index is 12.3. The summed E-state index contributed by atoms with van der Waals surface area (Å²) >= 11 is 0. The van der Waals surface area contributed by atoms with Crippen LogP contribution >= 0.6 is 0 Å². The monoisotopic (exact) mass is 234 g/mol. The molecule has 0 aliphatic heterocycles. The van der Waals surface area contributed by atoms with Gasteiger partial charge < -0.3 is 10.5 Å². The number of nitrogens with zero attached hydrogens (tertiary/aromatic N) is 1. The molecule has 2 rings (SSSR count). The maximum Gasteiger partial charge on any atom is 0.188 e. The van der Waals surface area contributed by atoms with Crippen molar-refractivity contribution in [3.05, 3.63) is 24.0 Å². The van der Waals surface area contributed by atoms with E-state index in [2.05, 4.69) is 4.98 Å². The summed E-state index contributed by atoms with van der Waals surface area (Å²) in [5, 5.41) is 0. The van der Waals surface area contributed by atoms with Gasteiger partial charge in [0.15, 0.2) is 5.78 Å². The van der Waals surface area contributed by atoms with Crippen LogP contribution in [-0.2, 0) is 0 Å². The van der Waals surface area contributed by atoms with E-state index in [1.165, 1.54) is 0 Å². The lowest BCUT2D eigenvalue weighted by atomic mass is 9.83. The molecule has 0 saturated heterocycles. The molecule has 0 bridgehead atoms. The zero-order chi connectivity index (χ0) is 12.3. The number of pyridine rings is 1. The second-order valence-electron chi connectivity index (χ2n) is 4.53. The Labute approximate surface area is 101 Å². The fourth-order valence-electron chi connectivity index (χ4n) is 2.32. The van der Waals surface area contributed by atoms with Gasteiger partial charge in [0.25, 0.3) is 0 Å². The Morgan fingerprint density at radius 1 is 1.41 bits per heavy atom. The first-order valence-electron chi connectivity index (χ1n) is 6.01. The Morgan fingerprint density at radius 2 is 2.12 bits per heavy atom. The lowest BCUT2D eigenvalue weighted by molar-refractivity contribution is 0.0876. The van der Waals surface area contributed by atoms with Gasteiger partial charge in [-0.3, -0.25) is 4.79 Å². The van der Waals surface area contributed by atoms with Gasteiger partial charge in [0, 0.05) is 18.2 Å². The number of Topliss-reactive ketones (excluding diaryl/α,β-unsaturated/α-hetero) is 1. The Morgan fingerprint density at radius 3 is 2.76 bits per heavy atom. The van der Waals surface area contributed by atoms with Crippen molar-refractivity contribution in [2.24, 2.45) is 11.7 Å². The van der Waals surface area contributed by atoms with E-state index in [0.717, 1.165) is 25.7 Å². The summed E-state index contributed by atoms with van der Waals surface area (Å²) < 4.78 is 5.17. The van der Waals surface area contributed by atoms with Gasteiger partial charge >= 0.3 is 0 Å². The third-order valence-electron chi connectivity index (χ3n) is 3.37. The smallest absolute Gasteiger partial charge is 0.188 e. The van der Waals surface area contributed by atoms with Crippen LogP contribution < -0.4 is 10.5 Å². The summed E-state index contributed by atoms with van der Waals surface area (Å²) in [4.78, 5) is 16.4. The molecule has 17 heavy (non-hydrogen) atoms.